The summed E-state index contributed by atoms with van der Waals surface area (Å²) >= 11 is 1.39. The lowest BCUT2D eigenvalue weighted by Crippen LogP contribution is -2.34. The lowest BCUT2D eigenvalue weighted by molar-refractivity contribution is 0.0638. The monoisotopic (exact) mass is 334 g/mol. The van der Waals surface area contributed by atoms with Gasteiger partial charge in [0.1, 0.15) is 10.6 Å². The Morgan fingerprint density at radius 3 is 2.74 bits per heavy atom. The topological polar surface area (TPSA) is 73.7 Å². The van der Waals surface area contributed by atoms with E-state index in [-0.39, 0.29) is 18.2 Å². The second kappa shape index (κ2) is 7.57. The number of hydrogen-bond donors (Lipinski definition) is 2. The molecule has 0 aliphatic rings. The van der Waals surface area contributed by atoms with Crippen molar-refractivity contribution in [2.75, 3.05) is 13.1 Å². The Kier molecular flexibility index (Phi) is 5.74. The number of aryl methyl sites for hydroxylation is 2. The molecule has 0 spiro atoms. The minimum atomic E-state index is -0.843. The fourth-order valence-electron chi connectivity index (χ4n) is 2.42. The Hall–Kier alpha value is -1.92. The van der Waals surface area contributed by atoms with Gasteiger partial charge in [0.2, 0.25) is 0 Å². The molecule has 0 aliphatic carbocycles. The average molecular weight is 334 g/mol. The van der Waals surface area contributed by atoms with E-state index in [0.29, 0.717) is 23.4 Å². The highest BCUT2D eigenvalue weighted by atomic mass is 32.1. The highest BCUT2D eigenvalue weighted by Crippen LogP contribution is 2.23. The molecule has 1 heterocycles. The Morgan fingerprint density at radius 2 is 2.13 bits per heavy atom. The highest BCUT2D eigenvalue weighted by Gasteiger charge is 2.23. The predicted molar refractivity (Wildman–Crippen MR) is 90.9 cm³/mol. The van der Waals surface area contributed by atoms with Gasteiger partial charge in [-0.2, -0.15) is 0 Å². The molecule has 2 rings (SSSR count). The van der Waals surface area contributed by atoms with Crippen LogP contribution in [0.5, 0.6) is 5.75 Å². The number of aromatic hydroxyl groups is 1. The molecule has 0 aliphatic heterocycles. The van der Waals surface area contributed by atoms with Gasteiger partial charge in [0.25, 0.3) is 5.91 Å². The number of benzene rings is 1. The third kappa shape index (κ3) is 4.09. The molecule has 2 aromatic rings. The number of thiazole rings is 1. The summed E-state index contributed by atoms with van der Waals surface area (Å²) in [6.45, 7) is 6.42. The number of phenols is 1. The van der Waals surface area contributed by atoms with Gasteiger partial charge in [-0.3, -0.25) is 4.79 Å². The van der Waals surface area contributed by atoms with Crippen molar-refractivity contribution >= 4 is 17.2 Å². The quantitative estimate of drug-likeness (QED) is 0.852. The zero-order chi connectivity index (χ0) is 17.0. The van der Waals surface area contributed by atoms with E-state index in [9.17, 15) is 15.0 Å². The van der Waals surface area contributed by atoms with Crippen molar-refractivity contribution in [3.8, 4) is 5.75 Å². The van der Waals surface area contributed by atoms with Crippen molar-refractivity contribution in [3.63, 3.8) is 0 Å². The van der Waals surface area contributed by atoms with Crippen LogP contribution in [0.4, 0.5) is 0 Å². The summed E-state index contributed by atoms with van der Waals surface area (Å²) in [4.78, 5) is 19.4. The van der Waals surface area contributed by atoms with E-state index in [0.717, 1.165) is 10.7 Å². The second-order valence-corrected chi connectivity index (χ2v) is 6.52. The zero-order valence-corrected chi connectivity index (χ0v) is 14.4. The number of rotatable bonds is 6. The van der Waals surface area contributed by atoms with Crippen LogP contribution in [-0.2, 0) is 6.42 Å². The number of amides is 1. The van der Waals surface area contributed by atoms with Crippen LogP contribution in [0.2, 0.25) is 0 Å². The van der Waals surface area contributed by atoms with E-state index < -0.39 is 6.10 Å². The van der Waals surface area contributed by atoms with E-state index >= 15 is 0 Å². The number of aliphatic hydroxyl groups excluding tert-OH is 1. The first-order chi connectivity index (χ1) is 11.0. The molecule has 23 heavy (non-hydrogen) atoms. The number of aromatic nitrogens is 1. The molecule has 0 saturated heterocycles. The SMILES string of the molecule is CCc1nc(C)sc1C(=O)N(CC)C[C@H](O)c1cccc(O)c1. The summed E-state index contributed by atoms with van der Waals surface area (Å²) in [6, 6.07) is 6.47. The first kappa shape index (κ1) is 17.4. The highest BCUT2D eigenvalue weighted by molar-refractivity contribution is 7.13. The minimum absolute atomic E-state index is 0.0993. The van der Waals surface area contributed by atoms with Gasteiger partial charge >= 0.3 is 0 Å². The molecule has 0 unspecified atom stereocenters. The van der Waals surface area contributed by atoms with Gasteiger partial charge in [-0.05, 0) is 38.0 Å². The van der Waals surface area contributed by atoms with Gasteiger partial charge in [-0.25, -0.2) is 4.98 Å². The Balaban J connectivity index is 2.17. The Morgan fingerprint density at radius 1 is 1.39 bits per heavy atom. The number of carbonyl (C=O) groups excluding carboxylic acids is 1. The molecular weight excluding hydrogens is 312 g/mol. The molecule has 2 N–H and O–H groups in total. The van der Waals surface area contributed by atoms with E-state index in [1.54, 1.807) is 23.1 Å². The normalized spacial score (nSPS) is 12.2. The summed E-state index contributed by atoms with van der Waals surface area (Å²) in [5, 5.41) is 20.7. The largest absolute Gasteiger partial charge is 0.508 e. The zero-order valence-electron chi connectivity index (χ0n) is 13.6. The summed E-state index contributed by atoms with van der Waals surface area (Å²) in [5.74, 6) is -0.00331. The minimum Gasteiger partial charge on any atom is -0.508 e. The summed E-state index contributed by atoms with van der Waals surface area (Å²) in [7, 11) is 0. The molecule has 124 valence electrons. The molecule has 0 saturated carbocycles. The van der Waals surface area contributed by atoms with E-state index in [4.69, 9.17) is 0 Å². The summed E-state index contributed by atoms with van der Waals surface area (Å²) in [5.41, 5.74) is 1.40. The van der Waals surface area contributed by atoms with Gasteiger partial charge in [-0.1, -0.05) is 19.1 Å². The van der Waals surface area contributed by atoms with Crippen LogP contribution in [-0.4, -0.2) is 39.1 Å². The lowest BCUT2D eigenvalue weighted by Gasteiger charge is -2.24. The molecule has 5 nitrogen and oxygen atoms in total. The third-order valence-corrected chi connectivity index (χ3v) is 4.65. The number of phenolic OH excluding ortho intramolecular Hbond substituents is 1. The number of aliphatic hydroxyl groups is 1. The van der Waals surface area contributed by atoms with Gasteiger partial charge in [-0.15, -0.1) is 11.3 Å². The maximum absolute atomic E-state index is 12.7. The predicted octanol–water partition coefficient (Wildman–Crippen LogP) is 2.92. The third-order valence-electron chi connectivity index (χ3n) is 3.65. The van der Waals surface area contributed by atoms with E-state index in [1.165, 1.54) is 17.4 Å². The van der Waals surface area contributed by atoms with Crippen LogP contribution in [0.1, 0.15) is 45.9 Å². The first-order valence-electron chi connectivity index (χ1n) is 7.68. The van der Waals surface area contributed by atoms with Crippen molar-refractivity contribution < 1.29 is 15.0 Å². The van der Waals surface area contributed by atoms with Crippen molar-refractivity contribution in [2.45, 2.75) is 33.3 Å². The standard InChI is InChI=1S/C17H22N2O3S/c1-4-14-16(23-11(3)18-14)17(22)19(5-2)10-15(21)12-7-6-8-13(20)9-12/h6-9,15,20-21H,4-5,10H2,1-3H3/t15-/m0/s1. The van der Waals surface area contributed by atoms with Crippen LogP contribution in [0.3, 0.4) is 0 Å². The molecule has 0 bridgehead atoms. The molecule has 1 aromatic carbocycles. The molecule has 0 radical (unpaired) electrons. The molecule has 6 heteroatoms. The fraction of sp³-hybridized carbons (Fsp3) is 0.412. The van der Waals surface area contributed by atoms with Crippen LogP contribution in [0.25, 0.3) is 0 Å². The first-order valence-corrected chi connectivity index (χ1v) is 8.50. The molecule has 1 atom stereocenters. The Bertz CT molecular complexity index is 684. The molecular formula is C17H22N2O3S. The van der Waals surface area contributed by atoms with Crippen molar-refractivity contribution in [1.82, 2.24) is 9.88 Å². The number of hydrogen-bond acceptors (Lipinski definition) is 5. The van der Waals surface area contributed by atoms with E-state index in [1.807, 2.05) is 20.8 Å². The maximum Gasteiger partial charge on any atom is 0.265 e. The maximum atomic E-state index is 12.7. The second-order valence-electron chi connectivity index (χ2n) is 5.32. The van der Waals surface area contributed by atoms with Crippen molar-refractivity contribution in [3.05, 3.63) is 45.4 Å². The van der Waals surface area contributed by atoms with Gasteiger partial charge in [0.05, 0.1) is 23.4 Å². The van der Waals surface area contributed by atoms with Crippen LogP contribution >= 0.6 is 11.3 Å². The number of likely N-dealkylation sites (N-methyl/N-ethyl adjacent to an activating group) is 1. The van der Waals surface area contributed by atoms with Crippen molar-refractivity contribution in [1.29, 1.82) is 0 Å². The van der Waals surface area contributed by atoms with Gasteiger partial charge in [0, 0.05) is 6.54 Å². The summed E-state index contributed by atoms with van der Waals surface area (Å²) in [6.07, 6.45) is -0.136. The van der Waals surface area contributed by atoms with Crippen molar-refractivity contribution in [2.24, 2.45) is 0 Å². The van der Waals surface area contributed by atoms with Crippen LogP contribution in [0.15, 0.2) is 24.3 Å². The molecule has 1 aromatic heterocycles. The lowest BCUT2D eigenvalue weighted by atomic mass is 10.1. The number of nitrogens with zero attached hydrogens (tertiary/aromatic N) is 2. The molecule has 0 fully saturated rings. The van der Waals surface area contributed by atoms with Crippen LogP contribution in [0, 0.1) is 6.92 Å². The van der Waals surface area contributed by atoms with Gasteiger partial charge in [0.15, 0.2) is 0 Å². The average Bonchev–Trinajstić information content (AvgIpc) is 2.92. The summed E-state index contributed by atoms with van der Waals surface area (Å²) < 4.78 is 0. The fourth-order valence-corrected chi connectivity index (χ4v) is 3.40. The Labute approximate surface area is 140 Å². The van der Waals surface area contributed by atoms with Crippen LogP contribution < -0.4 is 0 Å². The molecule has 1 amide bonds. The number of carbonyl (C=O) groups is 1. The van der Waals surface area contributed by atoms with Gasteiger partial charge < -0.3 is 15.1 Å². The van der Waals surface area contributed by atoms with E-state index in [2.05, 4.69) is 4.98 Å². The smallest absolute Gasteiger partial charge is 0.265 e.